The highest BCUT2D eigenvalue weighted by atomic mass is 16.1. The lowest BCUT2D eigenvalue weighted by molar-refractivity contribution is 0.0934. The van der Waals surface area contributed by atoms with Crippen molar-refractivity contribution < 1.29 is 4.79 Å². The smallest absolute Gasteiger partial charge is 0.253 e. The van der Waals surface area contributed by atoms with Gasteiger partial charge >= 0.3 is 0 Å². The second-order valence-electron chi connectivity index (χ2n) is 6.18. The van der Waals surface area contributed by atoms with Crippen LogP contribution in [0.25, 0.3) is 10.9 Å². The van der Waals surface area contributed by atoms with Gasteiger partial charge in [-0.05, 0) is 50.7 Å². The second kappa shape index (κ2) is 6.73. The Morgan fingerprint density at radius 1 is 1.36 bits per heavy atom. The summed E-state index contributed by atoms with van der Waals surface area (Å²) >= 11 is 0. The van der Waals surface area contributed by atoms with Crippen molar-refractivity contribution in [3.8, 4) is 0 Å². The van der Waals surface area contributed by atoms with Crippen molar-refractivity contribution in [1.29, 1.82) is 0 Å². The van der Waals surface area contributed by atoms with Crippen LogP contribution in [0, 0.1) is 5.92 Å². The van der Waals surface area contributed by atoms with Crippen molar-refractivity contribution >= 4 is 16.8 Å². The van der Waals surface area contributed by atoms with Gasteiger partial charge in [0.2, 0.25) is 0 Å². The lowest BCUT2D eigenvalue weighted by atomic mass is 9.89. The molecule has 0 saturated carbocycles. The van der Waals surface area contributed by atoms with E-state index in [-0.39, 0.29) is 11.9 Å². The highest BCUT2D eigenvalue weighted by Crippen LogP contribution is 2.23. The quantitative estimate of drug-likeness (QED) is 0.863. The minimum absolute atomic E-state index is 0.0305. The number of nitrogens with one attached hydrogen (secondary N) is 1. The van der Waals surface area contributed by atoms with Gasteiger partial charge in [-0.2, -0.15) is 0 Å². The highest BCUT2D eigenvalue weighted by molar-refractivity contribution is 5.97. The summed E-state index contributed by atoms with van der Waals surface area (Å²) in [6.45, 7) is 2.09. The molecule has 0 spiro atoms. The molecular weight excluding hydrogens is 272 g/mol. The number of nitrogens with zero attached hydrogens (tertiary/aromatic N) is 1. The topological polar surface area (TPSA) is 42.0 Å². The Hall–Kier alpha value is -2.16. The average molecular weight is 294 g/mol. The van der Waals surface area contributed by atoms with Gasteiger partial charge in [-0.15, -0.1) is 0 Å². The Bertz CT molecular complexity index is 693. The van der Waals surface area contributed by atoms with Crippen LogP contribution in [-0.4, -0.2) is 16.9 Å². The molecule has 1 amide bonds. The van der Waals surface area contributed by atoms with Crippen LogP contribution in [0.1, 0.15) is 43.0 Å². The molecule has 1 heterocycles. The number of benzene rings is 1. The third kappa shape index (κ3) is 3.53. The molecule has 22 heavy (non-hydrogen) atoms. The van der Waals surface area contributed by atoms with Gasteiger partial charge in [0, 0.05) is 17.6 Å². The lowest BCUT2D eigenvalue weighted by Gasteiger charge is -2.22. The van der Waals surface area contributed by atoms with Gasteiger partial charge in [-0.3, -0.25) is 9.78 Å². The summed E-state index contributed by atoms with van der Waals surface area (Å²) in [4.78, 5) is 16.7. The Balaban J connectivity index is 1.63. The van der Waals surface area contributed by atoms with Crippen molar-refractivity contribution in [3.63, 3.8) is 0 Å². The molecule has 1 aliphatic rings. The zero-order valence-electron chi connectivity index (χ0n) is 13.0. The van der Waals surface area contributed by atoms with Gasteiger partial charge in [-0.1, -0.05) is 30.4 Å². The van der Waals surface area contributed by atoms with E-state index in [0.717, 1.165) is 23.7 Å². The van der Waals surface area contributed by atoms with E-state index in [2.05, 4.69) is 29.4 Å². The monoisotopic (exact) mass is 294 g/mol. The predicted octanol–water partition coefficient (Wildman–Crippen LogP) is 4.10. The summed E-state index contributed by atoms with van der Waals surface area (Å²) in [5, 5.41) is 4.11. The van der Waals surface area contributed by atoms with E-state index >= 15 is 0 Å². The molecule has 0 aliphatic heterocycles. The van der Waals surface area contributed by atoms with E-state index in [4.69, 9.17) is 0 Å². The SMILES string of the molecule is CC(CC1CC=CCC1)NC(=O)c1cnc2ccccc2c1. The summed E-state index contributed by atoms with van der Waals surface area (Å²) in [7, 11) is 0. The molecule has 0 bridgehead atoms. The maximum Gasteiger partial charge on any atom is 0.253 e. The van der Waals surface area contributed by atoms with Crippen LogP contribution in [0.2, 0.25) is 0 Å². The third-order valence-corrected chi connectivity index (χ3v) is 4.29. The van der Waals surface area contributed by atoms with E-state index in [1.54, 1.807) is 6.20 Å². The lowest BCUT2D eigenvalue weighted by Crippen LogP contribution is -2.34. The molecule has 1 aliphatic carbocycles. The van der Waals surface area contributed by atoms with Gasteiger partial charge in [0.05, 0.1) is 11.1 Å². The Morgan fingerprint density at radius 2 is 2.23 bits per heavy atom. The van der Waals surface area contributed by atoms with E-state index < -0.39 is 0 Å². The Morgan fingerprint density at radius 3 is 3.05 bits per heavy atom. The van der Waals surface area contributed by atoms with Crippen LogP contribution in [0.5, 0.6) is 0 Å². The fraction of sp³-hybridized carbons (Fsp3) is 0.368. The predicted molar refractivity (Wildman–Crippen MR) is 89.8 cm³/mol. The number of fused-ring (bicyclic) bond motifs is 1. The summed E-state index contributed by atoms with van der Waals surface area (Å²) in [5.74, 6) is 0.659. The van der Waals surface area contributed by atoms with E-state index in [1.807, 2.05) is 30.3 Å². The molecule has 1 aromatic heterocycles. The Kier molecular flexibility index (Phi) is 4.52. The number of aromatic nitrogens is 1. The molecule has 1 N–H and O–H groups in total. The molecule has 1 aromatic carbocycles. The normalized spacial score (nSPS) is 19.0. The molecule has 3 rings (SSSR count). The molecule has 3 nitrogen and oxygen atoms in total. The van der Waals surface area contributed by atoms with Crippen LogP contribution in [0.3, 0.4) is 0 Å². The van der Waals surface area contributed by atoms with Gasteiger partial charge in [0.15, 0.2) is 0 Å². The number of para-hydroxylation sites is 1. The van der Waals surface area contributed by atoms with Crippen molar-refractivity contribution in [2.75, 3.05) is 0 Å². The Labute approximate surface area is 131 Å². The minimum atomic E-state index is -0.0305. The first kappa shape index (κ1) is 14.8. The van der Waals surface area contributed by atoms with E-state index in [0.29, 0.717) is 11.5 Å². The van der Waals surface area contributed by atoms with Crippen molar-refractivity contribution in [2.24, 2.45) is 5.92 Å². The number of rotatable bonds is 4. The highest BCUT2D eigenvalue weighted by Gasteiger charge is 2.16. The fourth-order valence-corrected chi connectivity index (χ4v) is 3.13. The summed E-state index contributed by atoms with van der Waals surface area (Å²) in [5.41, 5.74) is 1.55. The number of carbonyl (C=O) groups is 1. The molecular formula is C19H22N2O. The number of hydrogen-bond donors (Lipinski definition) is 1. The van der Waals surface area contributed by atoms with Gasteiger partial charge < -0.3 is 5.32 Å². The zero-order valence-corrected chi connectivity index (χ0v) is 13.0. The average Bonchev–Trinajstić information content (AvgIpc) is 2.55. The molecule has 2 aromatic rings. The largest absolute Gasteiger partial charge is 0.350 e. The number of pyridine rings is 1. The molecule has 0 fully saturated rings. The third-order valence-electron chi connectivity index (χ3n) is 4.29. The van der Waals surface area contributed by atoms with Crippen LogP contribution in [0.15, 0.2) is 48.7 Å². The second-order valence-corrected chi connectivity index (χ2v) is 6.18. The number of amides is 1. The van der Waals surface area contributed by atoms with E-state index in [1.165, 1.54) is 12.8 Å². The number of hydrogen-bond acceptors (Lipinski definition) is 2. The van der Waals surface area contributed by atoms with Crippen LogP contribution < -0.4 is 5.32 Å². The van der Waals surface area contributed by atoms with Gasteiger partial charge in [-0.25, -0.2) is 0 Å². The number of carbonyl (C=O) groups excluding carboxylic acids is 1. The van der Waals surface area contributed by atoms with E-state index in [9.17, 15) is 4.79 Å². The van der Waals surface area contributed by atoms with Crippen molar-refractivity contribution in [1.82, 2.24) is 10.3 Å². The molecule has 3 heteroatoms. The molecule has 2 unspecified atom stereocenters. The van der Waals surface area contributed by atoms with Crippen LogP contribution in [-0.2, 0) is 0 Å². The maximum absolute atomic E-state index is 12.4. The van der Waals surface area contributed by atoms with Crippen LogP contribution in [0.4, 0.5) is 0 Å². The summed E-state index contributed by atoms with van der Waals surface area (Å²) in [6.07, 6.45) is 10.7. The molecule has 2 atom stereocenters. The fourth-order valence-electron chi connectivity index (χ4n) is 3.13. The zero-order chi connectivity index (χ0) is 15.4. The number of allylic oxidation sites excluding steroid dienone is 2. The molecule has 114 valence electrons. The first-order valence-electron chi connectivity index (χ1n) is 8.03. The first-order chi connectivity index (χ1) is 10.7. The summed E-state index contributed by atoms with van der Waals surface area (Å²) in [6, 6.07) is 9.96. The van der Waals surface area contributed by atoms with Crippen molar-refractivity contribution in [2.45, 2.75) is 38.6 Å². The van der Waals surface area contributed by atoms with Gasteiger partial charge in [0.1, 0.15) is 0 Å². The molecule has 0 saturated heterocycles. The maximum atomic E-state index is 12.4. The van der Waals surface area contributed by atoms with Crippen molar-refractivity contribution in [3.05, 3.63) is 54.2 Å². The summed E-state index contributed by atoms with van der Waals surface area (Å²) < 4.78 is 0. The molecule has 0 radical (unpaired) electrons. The van der Waals surface area contributed by atoms with Gasteiger partial charge in [0.25, 0.3) is 5.91 Å². The minimum Gasteiger partial charge on any atom is -0.350 e. The first-order valence-corrected chi connectivity index (χ1v) is 8.03. The van der Waals surface area contributed by atoms with Crippen LogP contribution >= 0.6 is 0 Å². The standard InChI is InChI=1S/C19H22N2O/c1-14(11-15-7-3-2-4-8-15)21-19(22)17-12-16-9-5-6-10-18(16)20-13-17/h2-3,5-6,9-10,12-15H,4,7-8,11H2,1H3,(H,21,22).